The van der Waals surface area contributed by atoms with Crippen molar-refractivity contribution < 1.29 is 0 Å². The quantitative estimate of drug-likeness (QED) is 0.646. The zero-order valence-electron chi connectivity index (χ0n) is 15.7. The van der Waals surface area contributed by atoms with Gasteiger partial charge >= 0.3 is 0 Å². The molecule has 0 amide bonds. The van der Waals surface area contributed by atoms with E-state index in [0.717, 1.165) is 43.0 Å². The Balaban J connectivity index is 1.59. The van der Waals surface area contributed by atoms with Gasteiger partial charge in [-0.2, -0.15) is 11.3 Å². The van der Waals surface area contributed by atoms with Gasteiger partial charge in [-0.25, -0.2) is 15.0 Å². The molecular weight excluding hydrogens is 368 g/mol. The van der Waals surface area contributed by atoms with Crippen molar-refractivity contribution in [1.29, 1.82) is 0 Å². The van der Waals surface area contributed by atoms with Crippen LogP contribution in [0.3, 0.4) is 0 Å². The molecule has 6 nitrogen and oxygen atoms in total. The maximum Gasteiger partial charge on any atom is 0.150 e. The first-order valence-corrected chi connectivity index (χ1v) is 10.2. The Labute approximate surface area is 169 Å². The molecule has 0 aromatic carbocycles. The molecule has 0 unspecified atom stereocenters. The maximum atomic E-state index is 5.34. The number of nitrogens with zero attached hydrogens (tertiary/aromatic N) is 4. The Bertz CT molecular complexity index is 954. The molecule has 3 aromatic heterocycles. The van der Waals surface area contributed by atoms with E-state index in [2.05, 4.69) is 60.3 Å². The summed E-state index contributed by atoms with van der Waals surface area (Å²) in [4.78, 5) is 15.4. The van der Waals surface area contributed by atoms with Crippen LogP contribution in [0.15, 0.2) is 41.5 Å². The highest BCUT2D eigenvalue weighted by molar-refractivity contribution is 7.08. The first-order chi connectivity index (χ1) is 13.7. The zero-order chi connectivity index (χ0) is 19.3. The van der Waals surface area contributed by atoms with Gasteiger partial charge in [0.15, 0.2) is 0 Å². The molecule has 1 saturated heterocycles. The van der Waals surface area contributed by atoms with Gasteiger partial charge in [0, 0.05) is 29.6 Å². The van der Waals surface area contributed by atoms with Crippen LogP contribution in [0.2, 0.25) is 0 Å². The standard InChI is InChI=1S/C21H22N6S/c1-3-16-11-23-21(13-22-16)26-20-10-19(25-17-4-7-27(2)8-5-17)18(12-24-20)15-6-9-28-14-15/h1,6,9-14,17H,4-5,7-8H2,2H3,(H2,23,24,25,26). The van der Waals surface area contributed by atoms with Crippen molar-refractivity contribution in [1.82, 2.24) is 19.9 Å². The van der Waals surface area contributed by atoms with Crippen molar-refractivity contribution in [3.8, 4) is 23.5 Å². The van der Waals surface area contributed by atoms with Gasteiger partial charge in [0.05, 0.1) is 12.4 Å². The summed E-state index contributed by atoms with van der Waals surface area (Å²) in [6, 6.07) is 4.62. The molecule has 28 heavy (non-hydrogen) atoms. The molecule has 1 aliphatic rings. The first-order valence-electron chi connectivity index (χ1n) is 9.24. The molecular formula is C21H22N6S. The third-order valence-electron chi connectivity index (χ3n) is 4.87. The zero-order valence-corrected chi connectivity index (χ0v) is 16.5. The van der Waals surface area contributed by atoms with Gasteiger partial charge in [0.2, 0.25) is 0 Å². The normalized spacial score (nSPS) is 15.1. The van der Waals surface area contributed by atoms with Crippen LogP contribution in [0.5, 0.6) is 0 Å². The third-order valence-corrected chi connectivity index (χ3v) is 5.55. The predicted octanol–water partition coefficient (Wildman–Crippen LogP) is 3.83. The lowest BCUT2D eigenvalue weighted by Crippen LogP contribution is -2.36. The second-order valence-corrected chi connectivity index (χ2v) is 7.69. The van der Waals surface area contributed by atoms with Crippen molar-refractivity contribution in [3.05, 3.63) is 47.2 Å². The van der Waals surface area contributed by atoms with Gasteiger partial charge in [0.25, 0.3) is 0 Å². The molecule has 0 spiro atoms. The topological polar surface area (TPSA) is 66.0 Å². The number of thiophene rings is 1. The molecule has 7 heteroatoms. The highest BCUT2D eigenvalue weighted by Gasteiger charge is 2.18. The van der Waals surface area contributed by atoms with E-state index in [9.17, 15) is 0 Å². The van der Waals surface area contributed by atoms with Crippen molar-refractivity contribution in [3.63, 3.8) is 0 Å². The molecule has 1 aliphatic heterocycles. The summed E-state index contributed by atoms with van der Waals surface area (Å²) in [5, 5.41) is 11.2. The minimum atomic E-state index is 0.457. The summed E-state index contributed by atoms with van der Waals surface area (Å²) < 4.78 is 0. The fraction of sp³-hybridized carbons (Fsp3) is 0.286. The second kappa shape index (κ2) is 8.38. The second-order valence-electron chi connectivity index (χ2n) is 6.91. The molecule has 4 heterocycles. The Hall–Kier alpha value is -2.95. The number of pyridine rings is 1. The molecule has 0 atom stereocenters. The Morgan fingerprint density at radius 3 is 2.64 bits per heavy atom. The van der Waals surface area contributed by atoms with Gasteiger partial charge in [0.1, 0.15) is 17.3 Å². The van der Waals surface area contributed by atoms with Gasteiger partial charge in [-0.05, 0) is 61.3 Å². The van der Waals surface area contributed by atoms with Gasteiger partial charge in [-0.15, -0.1) is 6.42 Å². The fourth-order valence-electron chi connectivity index (χ4n) is 3.26. The molecule has 4 rings (SSSR count). The van der Waals surface area contributed by atoms with E-state index in [1.54, 1.807) is 23.7 Å². The van der Waals surface area contributed by atoms with E-state index in [1.807, 2.05) is 12.3 Å². The van der Waals surface area contributed by atoms with Crippen LogP contribution in [0.25, 0.3) is 11.1 Å². The lowest BCUT2D eigenvalue weighted by atomic mass is 10.0. The lowest BCUT2D eigenvalue weighted by molar-refractivity contribution is 0.264. The van der Waals surface area contributed by atoms with Gasteiger partial charge in [-0.3, -0.25) is 0 Å². The fourth-order valence-corrected chi connectivity index (χ4v) is 3.92. The highest BCUT2D eigenvalue weighted by Crippen LogP contribution is 2.32. The molecule has 1 fully saturated rings. The molecule has 0 radical (unpaired) electrons. The number of piperidine rings is 1. The number of aromatic nitrogens is 3. The van der Waals surface area contributed by atoms with Crippen LogP contribution in [-0.2, 0) is 0 Å². The summed E-state index contributed by atoms with van der Waals surface area (Å²) in [6.45, 7) is 2.22. The largest absolute Gasteiger partial charge is 0.382 e. The number of hydrogen-bond acceptors (Lipinski definition) is 7. The van der Waals surface area contributed by atoms with Crippen LogP contribution in [0.4, 0.5) is 17.3 Å². The van der Waals surface area contributed by atoms with E-state index in [1.165, 1.54) is 5.56 Å². The molecule has 0 saturated carbocycles. The Kier molecular flexibility index (Phi) is 5.51. The van der Waals surface area contributed by atoms with Crippen LogP contribution in [0, 0.1) is 12.3 Å². The summed E-state index contributed by atoms with van der Waals surface area (Å²) in [6.07, 6.45) is 12.7. The van der Waals surface area contributed by atoms with E-state index < -0.39 is 0 Å². The van der Waals surface area contributed by atoms with Crippen LogP contribution < -0.4 is 10.6 Å². The lowest BCUT2D eigenvalue weighted by Gasteiger charge is -2.30. The number of likely N-dealkylation sites (tertiary alicyclic amines) is 1. The van der Waals surface area contributed by atoms with E-state index in [0.29, 0.717) is 17.6 Å². The molecule has 0 aliphatic carbocycles. The van der Waals surface area contributed by atoms with E-state index in [4.69, 9.17) is 6.42 Å². The average Bonchev–Trinajstić information content (AvgIpc) is 3.25. The summed E-state index contributed by atoms with van der Waals surface area (Å²) in [5.41, 5.74) is 3.88. The molecule has 3 aromatic rings. The van der Waals surface area contributed by atoms with E-state index >= 15 is 0 Å². The van der Waals surface area contributed by atoms with Crippen LogP contribution in [0.1, 0.15) is 18.5 Å². The van der Waals surface area contributed by atoms with Crippen molar-refractivity contribution in [2.45, 2.75) is 18.9 Å². The summed E-state index contributed by atoms with van der Waals surface area (Å²) in [5.74, 6) is 3.80. The SMILES string of the molecule is C#Cc1cnc(Nc2cc(NC3CCN(C)CC3)c(-c3ccsc3)cn2)cn1. The average molecular weight is 391 g/mol. The minimum absolute atomic E-state index is 0.457. The third kappa shape index (κ3) is 4.30. The first kappa shape index (κ1) is 18.4. The van der Waals surface area contributed by atoms with Crippen molar-refractivity contribution >= 4 is 28.7 Å². The molecule has 142 valence electrons. The summed E-state index contributed by atoms with van der Waals surface area (Å²) >= 11 is 1.69. The van der Waals surface area contributed by atoms with E-state index in [-0.39, 0.29) is 0 Å². The number of nitrogens with one attached hydrogen (secondary N) is 2. The summed E-state index contributed by atoms with van der Waals surface area (Å²) in [7, 11) is 2.17. The number of hydrogen-bond donors (Lipinski definition) is 2. The Morgan fingerprint density at radius 2 is 1.96 bits per heavy atom. The minimum Gasteiger partial charge on any atom is -0.382 e. The number of rotatable bonds is 5. The highest BCUT2D eigenvalue weighted by atomic mass is 32.1. The predicted molar refractivity (Wildman–Crippen MR) is 115 cm³/mol. The van der Waals surface area contributed by atoms with Crippen LogP contribution >= 0.6 is 11.3 Å². The maximum absolute atomic E-state index is 5.34. The number of terminal acetylenes is 1. The molecule has 2 N–H and O–H groups in total. The van der Waals surface area contributed by atoms with Crippen molar-refractivity contribution in [2.24, 2.45) is 0 Å². The van der Waals surface area contributed by atoms with Gasteiger partial charge < -0.3 is 15.5 Å². The van der Waals surface area contributed by atoms with Crippen molar-refractivity contribution in [2.75, 3.05) is 30.8 Å². The number of anilines is 3. The van der Waals surface area contributed by atoms with Crippen LogP contribution in [-0.4, -0.2) is 46.0 Å². The van der Waals surface area contributed by atoms with Gasteiger partial charge in [-0.1, -0.05) is 0 Å². The Morgan fingerprint density at radius 1 is 1.14 bits per heavy atom. The smallest absolute Gasteiger partial charge is 0.150 e. The molecule has 0 bridgehead atoms. The monoisotopic (exact) mass is 390 g/mol.